The summed E-state index contributed by atoms with van der Waals surface area (Å²) in [5, 5.41) is 9.26. The largest absolute Gasteiger partial charge is 0.394 e. The fraction of sp³-hybridized carbons (Fsp3) is 0.938. The van der Waals surface area contributed by atoms with Crippen molar-refractivity contribution in [3.8, 4) is 0 Å². The summed E-state index contributed by atoms with van der Waals surface area (Å²) >= 11 is 0. The molecule has 1 saturated heterocycles. The van der Waals surface area contributed by atoms with Crippen LogP contribution in [0.3, 0.4) is 0 Å². The van der Waals surface area contributed by atoms with Crippen LogP contribution in [0, 0.1) is 5.41 Å². The number of nitrogens with zero attached hydrogens (tertiary/aromatic N) is 1. The van der Waals surface area contributed by atoms with Crippen LogP contribution in [0.4, 0.5) is 0 Å². The van der Waals surface area contributed by atoms with E-state index in [-0.39, 0.29) is 18.6 Å². The van der Waals surface area contributed by atoms with E-state index >= 15 is 0 Å². The first kappa shape index (κ1) is 14.8. The molecule has 2 aliphatic rings. The first-order chi connectivity index (χ1) is 9.21. The normalized spacial score (nSPS) is 25.7. The Hall–Kier alpha value is -0.570. The summed E-state index contributed by atoms with van der Waals surface area (Å²) < 4.78 is 0. The topological polar surface area (TPSA) is 40.5 Å². The van der Waals surface area contributed by atoms with E-state index in [2.05, 4.69) is 6.92 Å². The van der Waals surface area contributed by atoms with Gasteiger partial charge in [-0.2, -0.15) is 0 Å². The van der Waals surface area contributed by atoms with Crippen molar-refractivity contribution in [1.82, 2.24) is 4.90 Å². The first-order valence-electron chi connectivity index (χ1n) is 8.11. The Morgan fingerprint density at radius 1 is 1.32 bits per heavy atom. The van der Waals surface area contributed by atoms with Crippen molar-refractivity contribution < 1.29 is 9.90 Å². The smallest absolute Gasteiger partial charge is 0.222 e. The van der Waals surface area contributed by atoms with Gasteiger partial charge in [0, 0.05) is 13.0 Å². The van der Waals surface area contributed by atoms with E-state index < -0.39 is 0 Å². The van der Waals surface area contributed by atoms with Crippen molar-refractivity contribution in [2.24, 2.45) is 5.41 Å². The van der Waals surface area contributed by atoms with Gasteiger partial charge in [0.25, 0.3) is 0 Å². The summed E-state index contributed by atoms with van der Waals surface area (Å²) in [4.78, 5) is 13.6. The second-order valence-corrected chi connectivity index (χ2v) is 6.52. The highest BCUT2D eigenvalue weighted by Gasteiger charge is 2.35. The zero-order valence-electron chi connectivity index (χ0n) is 12.4. The van der Waals surface area contributed by atoms with Crippen LogP contribution in [0.25, 0.3) is 0 Å². The van der Waals surface area contributed by atoms with Crippen molar-refractivity contribution >= 4 is 5.91 Å². The quantitative estimate of drug-likeness (QED) is 0.686. The fourth-order valence-corrected chi connectivity index (χ4v) is 3.90. The molecule has 0 aromatic heterocycles. The average molecular weight is 267 g/mol. The monoisotopic (exact) mass is 267 g/mol. The van der Waals surface area contributed by atoms with Crippen molar-refractivity contribution in [3.63, 3.8) is 0 Å². The lowest BCUT2D eigenvalue weighted by atomic mass is 9.63. The molecule has 0 radical (unpaired) electrons. The van der Waals surface area contributed by atoms with Crippen LogP contribution >= 0.6 is 0 Å². The summed E-state index contributed by atoms with van der Waals surface area (Å²) in [7, 11) is 0. The molecule has 1 heterocycles. The van der Waals surface area contributed by atoms with Gasteiger partial charge in [-0.1, -0.05) is 26.2 Å². The molecule has 0 bridgehead atoms. The van der Waals surface area contributed by atoms with Crippen molar-refractivity contribution in [2.75, 3.05) is 13.2 Å². The SMILES string of the molecule is CCCC1(CCCCN2C(=O)CC[C@@H]2CO)CCC1. The molecule has 0 unspecified atom stereocenters. The number of hydrogen-bond acceptors (Lipinski definition) is 2. The summed E-state index contributed by atoms with van der Waals surface area (Å²) in [6.07, 6.45) is 12.1. The maximum Gasteiger partial charge on any atom is 0.222 e. The summed E-state index contributed by atoms with van der Waals surface area (Å²) in [5.74, 6) is 0.242. The van der Waals surface area contributed by atoms with E-state index in [0.717, 1.165) is 19.4 Å². The lowest BCUT2D eigenvalue weighted by molar-refractivity contribution is -0.129. The molecular formula is C16H29NO2. The highest BCUT2D eigenvalue weighted by atomic mass is 16.3. The van der Waals surface area contributed by atoms with Crippen LogP contribution < -0.4 is 0 Å². The highest BCUT2D eigenvalue weighted by molar-refractivity contribution is 5.78. The molecule has 3 heteroatoms. The number of aliphatic hydroxyl groups is 1. The van der Waals surface area contributed by atoms with E-state index in [1.807, 2.05) is 4.90 Å². The molecule has 3 nitrogen and oxygen atoms in total. The summed E-state index contributed by atoms with van der Waals surface area (Å²) in [6, 6.07) is 0.0980. The van der Waals surface area contributed by atoms with Gasteiger partial charge >= 0.3 is 0 Å². The zero-order valence-corrected chi connectivity index (χ0v) is 12.4. The Morgan fingerprint density at radius 3 is 2.68 bits per heavy atom. The van der Waals surface area contributed by atoms with E-state index in [0.29, 0.717) is 11.8 Å². The Bertz CT molecular complexity index is 299. The molecule has 1 aliphatic heterocycles. The minimum absolute atomic E-state index is 0.0980. The van der Waals surface area contributed by atoms with Crippen LogP contribution in [0.1, 0.15) is 71.1 Å². The lowest BCUT2D eigenvalue weighted by Crippen LogP contribution is -2.36. The van der Waals surface area contributed by atoms with Crippen LogP contribution in [0.2, 0.25) is 0 Å². The van der Waals surface area contributed by atoms with Crippen LogP contribution in [0.15, 0.2) is 0 Å². The van der Waals surface area contributed by atoms with Gasteiger partial charge < -0.3 is 10.0 Å². The first-order valence-corrected chi connectivity index (χ1v) is 8.11. The van der Waals surface area contributed by atoms with Gasteiger partial charge in [0.2, 0.25) is 5.91 Å². The van der Waals surface area contributed by atoms with Gasteiger partial charge in [-0.25, -0.2) is 0 Å². The minimum Gasteiger partial charge on any atom is -0.394 e. The lowest BCUT2D eigenvalue weighted by Gasteiger charge is -2.42. The van der Waals surface area contributed by atoms with Gasteiger partial charge in [0.1, 0.15) is 0 Å². The second kappa shape index (κ2) is 6.74. The van der Waals surface area contributed by atoms with E-state index in [1.165, 1.54) is 44.9 Å². The van der Waals surface area contributed by atoms with E-state index in [9.17, 15) is 9.90 Å². The number of likely N-dealkylation sites (tertiary alicyclic amines) is 1. The summed E-state index contributed by atoms with van der Waals surface area (Å²) in [6.45, 7) is 3.27. The third-order valence-corrected chi connectivity index (χ3v) is 5.21. The molecule has 1 amide bonds. The van der Waals surface area contributed by atoms with Crippen molar-refractivity contribution in [1.29, 1.82) is 0 Å². The molecule has 2 rings (SSSR count). The zero-order chi connectivity index (χ0) is 13.7. The number of carbonyl (C=O) groups excluding carboxylic acids is 1. The molecule has 19 heavy (non-hydrogen) atoms. The molecule has 110 valence electrons. The van der Waals surface area contributed by atoms with Gasteiger partial charge in [-0.15, -0.1) is 0 Å². The summed E-state index contributed by atoms with van der Waals surface area (Å²) in [5.41, 5.74) is 0.653. The highest BCUT2D eigenvalue weighted by Crippen LogP contribution is 2.48. The predicted molar refractivity (Wildman–Crippen MR) is 76.9 cm³/mol. The molecule has 1 aliphatic carbocycles. The van der Waals surface area contributed by atoms with Crippen LogP contribution in [0.5, 0.6) is 0 Å². The van der Waals surface area contributed by atoms with Gasteiger partial charge in [0.05, 0.1) is 12.6 Å². The maximum absolute atomic E-state index is 11.7. The van der Waals surface area contributed by atoms with Crippen molar-refractivity contribution in [3.05, 3.63) is 0 Å². The molecule has 1 saturated carbocycles. The Kier molecular flexibility index (Phi) is 5.26. The van der Waals surface area contributed by atoms with Crippen molar-refractivity contribution in [2.45, 2.75) is 77.2 Å². The standard InChI is InChI=1S/C16H29NO2/c1-2-8-16(10-5-11-16)9-3-4-12-17-14(13-18)6-7-15(17)19/h14,18H,2-13H2,1H3/t14-/m1/s1. The third-order valence-electron chi connectivity index (χ3n) is 5.21. The van der Waals surface area contributed by atoms with Gasteiger partial charge in [0.15, 0.2) is 0 Å². The molecule has 0 aromatic rings. The van der Waals surface area contributed by atoms with Crippen LogP contribution in [-0.4, -0.2) is 35.1 Å². The molecular weight excluding hydrogens is 238 g/mol. The van der Waals surface area contributed by atoms with E-state index in [1.54, 1.807) is 0 Å². The number of aliphatic hydroxyl groups excluding tert-OH is 1. The fourth-order valence-electron chi connectivity index (χ4n) is 3.90. The third kappa shape index (κ3) is 3.50. The number of carbonyl (C=O) groups is 1. The molecule has 1 N–H and O–H groups in total. The minimum atomic E-state index is 0.0980. The number of amides is 1. The van der Waals surface area contributed by atoms with E-state index in [4.69, 9.17) is 0 Å². The number of unbranched alkanes of at least 4 members (excludes halogenated alkanes) is 1. The molecule has 2 fully saturated rings. The average Bonchev–Trinajstić information content (AvgIpc) is 2.72. The van der Waals surface area contributed by atoms with Gasteiger partial charge in [-0.05, 0) is 43.9 Å². The molecule has 0 aromatic carbocycles. The molecule has 1 atom stereocenters. The Balaban J connectivity index is 1.67. The molecule has 0 spiro atoms. The maximum atomic E-state index is 11.7. The predicted octanol–water partition coefficient (Wildman–Crippen LogP) is 3.11. The number of hydrogen-bond donors (Lipinski definition) is 1. The Labute approximate surface area is 117 Å². The van der Waals surface area contributed by atoms with Crippen LogP contribution in [-0.2, 0) is 4.79 Å². The number of rotatable bonds is 8. The Morgan fingerprint density at radius 2 is 2.11 bits per heavy atom. The second-order valence-electron chi connectivity index (χ2n) is 6.52. The van der Waals surface area contributed by atoms with Gasteiger partial charge in [-0.3, -0.25) is 4.79 Å².